The third kappa shape index (κ3) is 4.37. The van der Waals surface area contributed by atoms with Gasteiger partial charge in [-0.3, -0.25) is 5.43 Å². The predicted octanol–water partition coefficient (Wildman–Crippen LogP) is 2.93. The van der Waals surface area contributed by atoms with Gasteiger partial charge in [0.1, 0.15) is 10.7 Å². The molecule has 0 saturated carbocycles. The molecule has 124 valence electrons. The number of pyridine rings is 1. The van der Waals surface area contributed by atoms with Gasteiger partial charge < -0.3 is 0 Å². The van der Waals surface area contributed by atoms with Crippen LogP contribution < -0.4 is 5.43 Å². The first-order chi connectivity index (χ1) is 11.0. The van der Waals surface area contributed by atoms with Gasteiger partial charge in [-0.15, -0.1) is 11.3 Å². The van der Waals surface area contributed by atoms with E-state index < -0.39 is 10.0 Å². The molecule has 0 spiro atoms. The largest absolute Gasteiger partial charge is 0.261 e. The molecule has 0 fully saturated rings. The Morgan fingerprint density at radius 2 is 2.00 bits per heavy atom. The van der Waals surface area contributed by atoms with Crippen LogP contribution in [0.25, 0.3) is 0 Å². The lowest BCUT2D eigenvalue weighted by molar-refractivity contribution is 0.445. The molecule has 0 aliphatic carbocycles. The topological polar surface area (TPSA) is 74.7 Å². The predicted molar refractivity (Wildman–Crippen MR) is 94.6 cm³/mol. The van der Waals surface area contributed by atoms with Crippen molar-refractivity contribution in [3.63, 3.8) is 0 Å². The Balaban J connectivity index is 2.06. The van der Waals surface area contributed by atoms with Crippen molar-refractivity contribution in [3.05, 3.63) is 40.2 Å². The minimum Gasteiger partial charge on any atom is -0.261 e. The van der Waals surface area contributed by atoms with E-state index >= 15 is 0 Å². The van der Waals surface area contributed by atoms with Crippen molar-refractivity contribution in [2.75, 3.05) is 18.5 Å². The third-order valence-electron chi connectivity index (χ3n) is 3.21. The fourth-order valence-corrected chi connectivity index (χ4v) is 4.15. The number of rotatable bonds is 7. The van der Waals surface area contributed by atoms with Crippen molar-refractivity contribution in [3.8, 4) is 0 Å². The number of hydrazone groups is 1. The van der Waals surface area contributed by atoms with E-state index in [0.717, 1.165) is 4.88 Å². The maximum Gasteiger partial charge on any atom is 0.244 e. The van der Waals surface area contributed by atoms with Gasteiger partial charge in [0.05, 0.1) is 6.21 Å². The summed E-state index contributed by atoms with van der Waals surface area (Å²) in [5.41, 5.74) is 2.79. The molecule has 23 heavy (non-hydrogen) atoms. The number of aromatic nitrogens is 1. The molecule has 0 unspecified atom stereocenters. The summed E-state index contributed by atoms with van der Waals surface area (Å²) in [6.07, 6.45) is 3.06. The van der Waals surface area contributed by atoms with Gasteiger partial charge in [-0.1, -0.05) is 13.8 Å². The lowest BCUT2D eigenvalue weighted by Gasteiger charge is -2.18. The molecule has 8 heteroatoms. The molecule has 0 saturated heterocycles. The fourth-order valence-electron chi connectivity index (χ4n) is 2.00. The minimum atomic E-state index is -3.47. The Kier molecular flexibility index (Phi) is 5.86. The first kappa shape index (κ1) is 17.6. The Morgan fingerprint density at radius 1 is 1.26 bits per heavy atom. The number of anilines is 1. The van der Waals surface area contributed by atoms with Gasteiger partial charge in [-0.2, -0.15) is 9.41 Å². The van der Waals surface area contributed by atoms with E-state index in [1.807, 2.05) is 32.9 Å². The van der Waals surface area contributed by atoms with Crippen molar-refractivity contribution >= 4 is 33.4 Å². The van der Waals surface area contributed by atoms with Gasteiger partial charge in [0.15, 0.2) is 0 Å². The zero-order chi connectivity index (χ0) is 16.9. The van der Waals surface area contributed by atoms with Crippen LogP contribution in [0, 0.1) is 6.92 Å². The van der Waals surface area contributed by atoms with Crippen molar-refractivity contribution in [2.24, 2.45) is 5.10 Å². The standard InChI is InChI=1S/C15H20N4O2S2/c1-4-19(5-2)23(20,21)14-8-9-15(16-11-14)18-17-10-13-7-6-12(3)22-13/h6-11H,4-5H2,1-3H3,(H,16,18)/b17-10-. The van der Waals surface area contributed by atoms with Crippen molar-refractivity contribution in [2.45, 2.75) is 25.7 Å². The highest BCUT2D eigenvalue weighted by Crippen LogP contribution is 2.16. The number of hydrogen-bond donors (Lipinski definition) is 1. The molecule has 0 atom stereocenters. The van der Waals surface area contributed by atoms with Crippen molar-refractivity contribution < 1.29 is 8.42 Å². The molecule has 2 aromatic heterocycles. The van der Waals surface area contributed by atoms with Gasteiger partial charge in [0.2, 0.25) is 10.0 Å². The Bertz CT molecular complexity index is 763. The second-order valence-electron chi connectivity index (χ2n) is 4.79. The van der Waals surface area contributed by atoms with E-state index in [0.29, 0.717) is 18.9 Å². The van der Waals surface area contributed by atoms with Crippen molar-refractivity contribution in [1.29, 1.82) is 0 Å². The summed E-state index contributed by atoms with van der Waals surface area (Å²) in [7, 11) is -3.47. The number of nitrogens with zero attached hydrogens (tertiary/aromatic N) is 3. The minimum absolute atomic E-state index is 0.185. The SMILES string of the molecule is CCN(CC)S(=O)(=O)c1ccc(N/N=C\c2ccc(C)s2)nc1. The van der Waals surface area contributed by atoms with E-state index in [9.17, 15) is 8.42 Å². The second kappa shape index (κ2) is 7.67. The van der Waals surface area contributed by atoms with Crippen LogP contribution in [0.15, 0.2) is 40.5 Å². The first-order valence-corrected chi connectivity index (χ1v) is 9.54. The van der Waals surface area contributed by atoms with Crippen LogP contribution in [0.2, 0.25) is 0 Å². The van der Waals surface area contributed by atoms with Crippen LogP contribution in [-0.2, 0) is 10.0 Å². The number of hydrogen-bond acceptors (Lipinski definition) is 6. The summed E-state index contributed by atoms with van der Waals surface area (Å²) in [6.45, 7) is 6.52. The van der Waals surface area contributed by atoms with E-state index in [1.54, 1.807) is 23.6 Å². The van der Waals surface area contributed by atoms with Gasteiger partial charge in [0.25, 0.3) is 0 Å². The molecule has 0 bridgehead atoms. The fraction of sp³-hybridized carbons (Fsp3) is 0.333. The number of thiophene rings is 1. The molecule has 6 nitrogen and oxygen atoms in total. The molecule has 2 rings (SSSR count). The molecule has 2 aromatic rings. The smallest absolute Gasteiger partial charge is 0.244 e. The first-order valence-electron chi connectivity index (χ1n) is 7.29. The highest BCUT2D eigenvalue weighted by Gasteiger charge is 2.21. The van der Waals surface area contributed by atoms with E-state index in [-0.39, 0.29) is 4.90 Å². The van der Waals surface area contributed by atoms with Crippen molar-refractivity contribution in [1.82, 2.24) is 9.29 Å². The third-order valence-corrected chi connectivity index (χ3v) is 6.18. The van der Waals surface area contributed by atoms with Crippen LogP contribution in [0.3, 0.4) is 0 Å². The monoisotopic (exact) mass is 352 g/mol. The number of sulfonamides is 1. The summed E-state index contributed by atoms with van der Waals surface area (Å²) in [5.74, 6) is 0.494. The van der Waals surface area contributed by atoms with Crippen LogP contribution in [-0.4, -0.2) is 37.0 Å². The quantitative estimate of drug-likeness (QED) is 0.614. The molecule has 2 heterocycles. The van der Waals surface area contributed by atoms with E-state index in [2.05, 4.69) is 15.5 Å². The lowest BCUT2D eigenvalue weighted by Crippen LogP contribution is -2.30. The highest BCUT2D eigenvalue weighted by atomic mass is 32.2. The number of nitrogens with one attached hydrogen (secondary N) is 1. The maximum absolute atomic E-state index is 12.3. The summed E-state index contributed by atoms with van der Waals surface area (Å²) in [4.78, 5) is 6.55. The van der Waals surface area contributed by atoms with Crippen LogP contribution in [0.1, 0.15) is 23.6 Å². The number of aryl methyl sites for hydroxylation is 1. The normalized spacial score (nSPS) is 12.2. The Labute approximate surface area is 140 Å². The zero-order valence-corrected chi connectivity index (χ0v) is 15.0. The molecule has 1 N–H and O–H groups in total. The van der Waals surface area contributed by atoms with E-state index in [1.165, 1.54) is 21.4 Å². The Morgan fingerprint density at radius 3 is 2.52 bits per heavy atom. The van der Waals surface area contributed by atoms with Gasteiger partial charge >= 0.3 is 0 Å². The summed E-state index contributed by atoms with van der Waals surface area (Å²) in [6, 6.07) is 7.15. The molecular weight excluding hydrogens is 332 g/mol. The molecule has 0 aliphatic rings. The van der Waals surface area contributed by atoms with Crippen LogP contribution in [0.4, 0.5) is 5.82 Å². The van der Waals surface area contributed by atoms with Gasteiger partial charge in [0, 0.05) is 29.0 Å². The summed E-state index contributed by atoms with van der Waals surface area (Å²) >= 11 is 1.64. The second-order valence-corrected chi connectivity index (χ2v) is 8.04. The van der Waals surface area contributed by atoms with E-state index in [4.69, 9.17) is 0 Å². The average Bonchev–Trinajstić information content (AvgIpc) is 2.94. The summed E-state index contributed by atoms with van der Waals surface area (Å²) < 4.78 is 26.1. The maximum atomic E-state index is 12.3. The Hall–Kier alpha value is -1.77. The molecule has 0 aliphatic heterocycles. The zero-order valence-electron chi connectivity index (χ0n) is 13.4. The molecule has 0 amide bonds. The van der Waals surface area contributed by atoms with Crippen LogP contribution in [0.5, 0.6) is 0 Å². The molecule has 0 radical (unpaired) electrons. The van der Waals surface area contributed by atoms with Gasteiger partial charge in [-0.25, -0.2) is 13.4 Å². The molecular formula is C15H20N4O2S2. The summed E-state index contributed by atoms with van der Waals surface area (Å²) in [5, 5.41) is 4.10. The van der Waals surface area contributed by atoms with Gasteiger partial charge in [-0.05, 0) is 31.2 Å². The highest BCUT2D eigenvalue weighted by molar-refractivity contribution is 7.89. The van der Waals surface area contributed by atoms with Crippen LogP contribution >= 0.6 is 11.3 Å². The average molecular weight is 352 g/mol. The molecule has 0 aromatic carbocycles. The lowest BCUT2D eigenvalue weighted by atomic mass is 10.4.